The Balaban J connectivity index is 1.38. The molecule has 0 atom stereocenters. The maximum Gasteiger partial charge on any atom is 0.133 e. The van der Waals surface area contributed by atoms with Crippen LogP contribution in [0.5, 0.6) is 11.5 Å². The van der Waals surface area contributed by atoms with Gasteiger partial charge in [0.2, 0.25) is 0 Å². The van der Waals surface area contributed by atoms with Crippen LogP contribution in [0.4, 0.5) is 0 Å². The van der Waals surface area contributed by atoms with Crippen molar-refractivity contribution in [1.82, 2.24) is 0 Å². The predicted molar refractivity (Wildman–Crippen MR) is 148 cm³/mol. The molecule has 0 aromatic heterocycles. The van der Waals surface area contributed by atoms with Gasteiger partial charge in [-0.2, -0.15) is 0 Å². The number of carbonyl (C=O) groups excluding carboxylic acids is 1. The van der Waals surface area contributed by atoms with Crippen molar-refractivity contribution in [3.63, 3.8) is 0 Å². The SMILES string of the molecule is Cc1ccc(-c2cc(C)c(CCC(=O)CCc3cc(O)c(-c4ccc(C)cc4)cc3C)cc2O)cc1. The number of Topliss-reactive ketones (excluding diaryl/α,β-unsaturated/α-hetero) is 1. The van der Waals surface area contributed by atoms with Gasteiger partial charge in [-0.3, -0.25) is 4.79 Å². The molecular weight excluding hydrogens is 444 g/mol. The molecule has 4 aromatic rings. The Kier molecular flexibility index (Phi) is 7.59. The van der Waals surface area contributed by atoms with Gasteiger partial charge in [-0.05, 0) is 98.2 Å². The summed E-state index contributed by atoms with van der Waals surface area (Å²) in [5, 5.41) is 21.2. The van der Waals surface area contributed by atoms with Crippen LogP contribution in [0.25, 0.3) is 22.3 Å². The standard InChI is InChI=1S/C33H34O3/c1-21-5-9-25(10-6-21)30-17-23(3)27(19-32(30)35)13-15-29(34)16-14-28-20-33(36)31(18-24(28)4)26-11-7-22(2)8-12-26/h5-12,17-20,35-36H,13-16H2,1-4H3. The highest BCUT2D eigenvalue weighted by Crippen LogP contribution is 2.34. The number of hydrogen-bond donors (Lipinski definition) is 2. The minimum Gasteiger partial charge on any atom is -0.507 e. The van der Waals surface area contributed by atoms with Gasteiger partial charge in [-0.25, -0.2) is 0 Å². The fourth-order valence-corrected chi connectivity index (χ4v) is 4.62. The molecule has 0 bridgehead atoms. The zero-order valence-corrected chi connectivity index (χ0v) is 21.6. The molecule has 3 heteroatoms. The molecule has 2 N–H and O–H groups in total. The summed E-state index contributed by atoms with van der Waals surface area (Å²) in [5.41, 5.74) is 10.1. The Bertz CT molecular complexity index is 1270. The van der Waals surface area contributed by atoms with Crippen LogP contribution in [0.3, 0.4) is 0 Å². The third-order valence-corrected chi connectivity index (χ3v) is 6.98. The number of phenols is 2. The highest BCUT2D eigenvalue weighted by Gasteiger charge is 2.13. The van der Waals surface area contributed by atoms with Crippen molar-refractivity contribution in [1.29, 1.82) is 0 Å². The van der Waals surface area contributed by atoms with Crippen LogP contribution in [-0.2, 0) is 17.6 Å². The first-order chi connectivity index (χ1) is 17.2. The van der Waals surface area contributed by atoms with E-state index in [1.54, 1.807) is 12.1 Å². The summed E-state index contributed by atoms with van der Waals surface area (Å²) in [7, 11) is 0. The number of carbonyl (C=O) groups is 1. The first-order valence-electron chi connectivity index (χ1n) is 12.5. The molecule has 3 nitrogen and oxygen atoms in total. The molecular formula is C33H34O3. The van der Waals surface area contributed by atoms with E-state index in [-0.39, 0.29) is 17.3 Å². The van der Waals surface area contributed by atoms with Crippen molar-refractivity contribution >= 4 is 5.78 Å². The summed E-state index contributed by atoms with van der Waals surface area (Å²) in [4.78, 5) is 12.7. The number of aromatic hydroxyl groups is 2. The van der Waals surface area contributed by atoms with Crippen LogP contribution in [0, 0.1) is 27.7 Å². The van der Waals surface area contributed by atoms with Crippen LogP contribution < -0.4 is 0 Å². The second kappa shape index (κ2) is 10.8. The van der Waals surface area contributed by atoms with Crippen LogP contribution in [0.15, 0.2) is 72.8 Å². The van der Waals surface area contributed by atoms with Crippen LogP contribution >= 0.6 is 0 Å². The lowest BCUT2D eigenvalue weighted by molar-refractivity contribution is -0.119. The number of aryl methyl sites for hydroxylation is 6. The van der Waals surface area contributed by atoms with E-state index >= 15 is 0 Å². The maximum atomic E-state index is 12.7. The van der Waals surface area contributed by atoms with Gasteiger partial charge in [0.05, 0.1) is 0 Å². The monoisotopic (exact) mass is 478 g/mol. The van der Waals surface area contributed by atoms with Gasteiger partial charge < -0.3 is 10.2 Å². The number of hydrogen-bond acceptors (Lipinski definition) is 3. The highest BCUT2D eigenvalue weighted by molar-refractivity contribution is 5.79. The Labute approximate surface area is 214 Å². The van der Waals surface area contributed by atoms with Gasteiger partial charge in [-0.1, -0.05) is 59.7 Å². The third-order valence-electron chi connectivity index (χ3n) is 6.98. The molecule has 0 saturated carbocycles. The first-order valence-corrected chi connectivity index (χ1v) is 12.5. The van der Waals surface area contributed by atoms with Crippen molar-refractivity contribution in [3.05, 3.63) is 106 Å². The predicted octanol–water partition coefficient (Wildman–Crippen LogP) is 7.80. The highest BCUT2D eigenvalue weighted by atomic mass is 16.3. The van der Waals surface area contributed by atoms with Gasteiger partial charge in [-0.15, -0.1) is 0 Å². The fourth-order valence-electron chi connectivity index (χ4n) is 4.62. The topological polar surface area (TPSA) is 57.5 Å². The molecule has 0 saturated heterocycles. The zero-order chi connectivity index (χ0) is 25.8. The van der Waals surface area contributed by atoms with E-state index in [0.717, 1.165) is 44.5 Å². The number of rotatable bonds is 8. The Morgan fingerprint density at radius 1 is 0.583 bits per heavy atom. The average molecular weight is 479 g/mol. The van der Waals surface area contributed by atoms with Crippen LogP contribution in [-0.4, -0.2) is 16.0 Å². The van der Waals surface area contributed by atoms with Gasteiger partial charge in [0.15, 0.2) is 0 Å². The lowest BCUT2D eigenvalue weighted by Crippen LogP contribution is -2.04. The van der Waals surface area contributed by atoms with E-state index < -0.39 is 0 Å². The van der Waals surface area contributed by atoms with Crippen LogP contribution in [0.1, 0.15) is 46.2 Å². The van der Waals surface area contributed by atoms with Crippen LogP contribution in [0.2, 0.25) is 0 Å². The third kappa shape index (κ3) is 5.85. The molecule has 0 amide bonds. The summed E-state index contributed by atoms with van der Waals surface area (Å²) in [6, 6.07) is 23.8. The van der Waals surface area contributed by atoms with E-state index in [2.05, 4.69) is 0 Å². The summed E-state index contributed by atoms with van der Waals surface area (Å²) in [6.45, 7) is 8.14. The summed E-state index contributed by atoms with van der Waals surface area (Å²) >= 11 is 0. The normalized spacial score (nSPS) is 11.0. The van der Waals surface area contributed by atoms with Crippen molar-refractivity contribution in [3.8, 4) is 33.8 Å². The molecule has 0 heterocycles. The molecule has 0 aliphatic carbocycles. The molecule has 4 rings (SSSR count). The van der Waals surface area contributed by atoms with Crippen molar-refractivity contribution in [2.45, 2.75) is 53.4 Å². The molecule has 0 unspecified atom stereocenters. The van der Waals surface area contributed by atoms with E-state index in [1.807, 2.05) is 88.4 Å². The molecule has 0 fully saturated rings. The lowest BCUT2D eigenvalue weighted by Gasteiger charge is -2.13. The van der Waals surface area contributed by atoms with Gasteiger partial charge in [0, 0.05) is 24.0 Å². The van der Waals surface area contributed by atoms with Crippen molar-refractivity contribution in [2.75, 3.05) is 0 Å². The number of benzene rings is 4. The second-order valence-corrected chi connectivity index (χ2v) is 9.86. The lowest BCUT2D eigenvalue weighted by atomic mass is 9.93. The summed E-state index contributed by atoms with van der Waals surface area (Å²) in [6.07, 6.45) is 2.05. The van der Waals surface area contributed by atoms with E-state index in [4.69, 9.17) is 0 Å². The minimum absolute atomic E-state index is 0.179. The van der Waals surface area contributed by atoms with E-state index in [9.17, 15) is 15.0 Å². The van der Waals surface area contributed by atoms with E-state index in [0.29, 0.717) is 25.7 Å². The summed E-state index contributed by atoms with van der Waals surface area (Å²) in [5.74, 6) is 0.663. The quantitative estimate of drug-likeness (QED) is 0.272. The molecule has 0 spiro atoms. The molecule has 0 aliphatic heterocycles. The molecule has 0 aliphatic rings. The minimum atomic E-state index is 0.179. The fraction of sp³-hybridized carbons (Fsp3) is 0.242. The maximum absolute atomic E-state index is 12.7. The van der Waals surface area contributed by atoms with Gasteiger partial charge >= 0.3 is 0 Å². The first kappa shape index (κ1) is 25.2. The Hall–Kier alpha value is -3.85. The smallest absolute Gasteiger partial charge is 0.133 e. The Morgan fingerprint density at radius 3 is 1.31 bits per heavy atom. The van der Waals surface area contributed by atoms with Crippen molar-refractivity contribution in [2.24, 2.45) is 0 Å². The van der Waals surface area contributed by atoms with Gasteiger partial charge in [0.1, 0.15) is 17.3 Å². The molecule has 4 aromatic carbocycles. The molecule has 36 heavy (non-hydrogen) atoms. The number of phenolic OH excluding ortho intramolecular Hbond substituents is 2. The summed E-state index contributed by atoms with van der Waals surface area (Å²) < 4.78 is 0. The average Bonchev–Trinajstić information content (AvgIpc) is 2.85. The number of ketones is 1. The van der Waals surface area contributed by atoms with Crippen molar-refractivity contribution < 1.29 is 15.0 Å². The van der Waals surface area contributed by atoms with Gasteiger partial charge in [0.25, 0.3) is 0 Å². The zero-order valence-electron chi connectivity index (χ0n) is 21.6. The van der Waals surface area contributed by atoms with E-state index in [1.165, 1.54) is 11.1 Å². The second-order valence-electron chi connectivity index (χ2n) is 9.86. The molecule has 184 valence electrons. The largest absolute Gasteiger partial charge is 0.507 e. The molecule has 0 radical (unpaired) electrons. The Morgan fingerprint density at radius 2 is 0.944 bits per heavy atom.